The molecule has 6 nitrogen and oxygen atoms in total. The van der Waals surface area contributed by atoms with Crippen LogP contribution in [-0.2, 0) is 4.79 Å². The second-order valence-corrected chi connectivity index (χ2v) is 4.78. The van der Waals surface area contributed by atoms with Crippen molar-refractivity contribution < 1.29 is 19.1 Å². The highest BCUT2D eigenvalue weighted by Gasteiger charge is 2.14. The molecule has 0 heterocycles. The maximum Gasteiger partial charge on any atom is 0.259 e. The summed E-state index contributed by atoms with van der Waals surface area (Å²) >= 11 is 0. The maximum absolute atomic E-state index is 12.5. The quantitative estimate of drug-likeness (QED) is 0.889. The lowest BCUT2D eigenvalue weighted by Crippen LogP contribution is -2.14. The second-order valence-electron chi connectivity index (χ2n) is 4.78. The normalized spacial score (nSPS) is 9.87. The molecule has 2 aromatic carbocycles. The SMILES string of the molecule is COc1ccc(NC(=O)c2cc(NC(C)=O)ccc2OC)cc1. The molecule has 0 radical (unpaired) electrons. The van der Waals surface area contributed by atoms with Crippen molar-refractivity contribution in [1.29, 1.82) is 0 Å². The molecule has 0 bridgehead atoms. The molecule has 2 amide bonds. The Bertz CT molecular complexity index is 711. The summed E-state index contributed by atoms with van der Waals surface area (Å²) in [6, 6.07) is 11.8. The van der Waals surface area contributed by atoms with Gasteiger partial charge in [0.2, 0.25) is 5.91 Å². The number of rotatable bonds is 5. The van der Waals surface area contributed by atoms with E-state index in [0.29, 0.717) is 28.4 Å². The lowest BCUT2D eigenvalue weighted by molar-refractivity contribution is -0.114. The van der Waals surface area contributed by atoms with Gasteiger partial charge in [-0.25, -0.2) is 0 Å². The van der Waals surface area contributed by atoms with Crippen LogP contribution in [0, 0.1) is 0 Å². The first-order chi connectivity index (χ1) is 11.0. The third-order valence-corrected chi connectivity index (χ3v) is 3.11. The molecule has 120 valence electrons. The summed E-state index contributed by atoms with van der Waals surface area (Å²) in [5, 5.41) is 5.42. The molecular weight excluding hydrogens is 296 g/mol. The van der Waals surface area contributed by atoms with Gasteiger partial charge in [0.25, 0.3) is 5.91 Å². The summed E-state index contributed by atoms with van der Waals surface area (Å²) in [6.45, 7) is 1.40. The minimum Gasteiger partial charge on any atom is -0.497 e. The Morgan fingerprint density at radius 2 is 1.52 bits per heavy atom. The number of benzene rings is 2. The minimum atomic E-state index is -0.334. The van der Waals surface area contributed by atoms with Crippen molar-refractivity contribution in [1.82, 2.24) is 0 Å². The molecular formula is C17H18N2O4. The van der Waals surface area contributed by atoms with Crippen LogP contribution < -0.4 is 20.1 Å². The van der Waals surface area contributed by atoms with Crippen LogP contribution in [0.4, 0.5) is 11.4 Å². The van der Waals surface area contributed by atoms with E-state index in [1.807, 2.05) is 0 Å². The number of methoxy groups -OCH3 is 2. The van der Waals surface area contributed by atoms with Gasteiger partial charge in [0, 0.05) is 18.3 Å². The minimum absolute atomic E-state index is 0.211. The Balaban J connectivity index is 2.23. The van der Waals surface area contributed by atoms with Gasteiger partial charge in [0.1, 0.15) is 11.5 Å². The number of carbonyl (C=O) groups excluding carboxylic acids is 2. The van der Waals surface area contributed by atoms with Crippen LogP contribution in [0.1, 0.15) is 17.3 Å². The average molecular weight is 314 g/mol. The van der Waals surface area contributed by atoms with Crippen molar-refractivity contribution in [3.05, 3.63) is 48.0 Å². The fourth-order valence-corrected chi connectivity index (χ4v) is 2.04. The molecule has 6 heteroatoms. The summed E-state index contributed by atoms with van der Waals surface area (Å²) in [7, 11) is 3.06. The van der Waals surface area contributed by atoms with Crippen molar-refractivity contribution in [2.24, 2.45) is 0 Å². The molecule has 0 spiro atoms. The Morgan fingerprint density at radius 1 is 0.870 bits per heavy atom. The van der Waals surface area contributed by atoms with E-state index in [0.717, 1.165) is 0 Å². The van der Waals surface area contributed by atoms with Crippen LogP contribution in [0.2, 0.25) is 0 Å². The maximum atomic E-state index is 12.5. The van der Waals surface area contributed by atoms with E-state index in [1.54, 1.807) is 49.6 Å². The van der Waals surface area contributed by atoms with Gasteiger partial charge in [-0.3, -0.25) is 9.59 Å². The van der Waals surface area contributed by atoms with Gasteiger partial charge in [-0.1, -0.05) is 0 Å². The van der Waals surface area contributed by atoms with Gasteiger partial charge >= 0.3 is 0 Å². The summed E-state index contributed by atoms with van der Waals surface area (Å²) < 4.78 is 10.3. The first kappa shape index (κ1) is 16.4. The van der Waals surface area contributed by atoms with E-state index in [1.165, 1.54) is 14.0 Å². The van der Waals surface area contributed by atoms with Crippen LogP contribution in [0.5, 0.6) is 11.5 Å². The predicted octanol–water partition coefficient (Wildman–Crippen LogP) is 2.91. The number of anilines is 2. The third-order valence-electron chi connectivity index (χ3n) is 3.11. The first-order valence-electron chi connectivity index (χ1n) is 6.94. The van der Waals surface area contributed by atoms with Crippen LogP contribution in [0.15, 0.2) is 42.5 Å². The molecule has 23 heavy (non-hydrogen) atoms. The Morgan fingerprint density at radius 3 is 2.09 bits per heavy atom. The van der Waals surface area contributed by atoms with E-state index >= 15 is 0 Å². The lowest BCUT2D eigenvalue weighted by atomic mass is 10.1. The van der Waals surface area contributed by atoms with Gasteiger partial charge in [-0.2, -0.15) is 0 Å². The van der Waals surface area contributed by atoms with Crippen LogP contribution in [0.25, 0.3) is 0 Å². The average Bonchev–Trinajstić information content (AvgIpc) is 2.55. The zero-order valence-corrected chi connectivity index (χ0v) is 13.2. The molecule has 0 saturated carbocycles. The number of ether oxygens (including phenoxy) is 2. The Kier molecular flexibility index (Phi) is 5.19. The van der Waals surface area contributed by atoms with E-state index in [9.17, 15) is 9.59 Å². The highest BCUT2D eigenvalue weighted by molar-refractivity contribution is 6.07. The van der Waals surface area contributed by atoms with Crippen molar-refractivity contribution in [2.75, 3.05) is 24.9 Å². The van der Waals surface area contributed by atoms with Crippen LogP contribution in [0.3, 0.4) is 0 Å². The molecule has 0 aliphatic rings. The van der Waals surface area contributed by atoms with E-state index in [4.69, 9.17) is 9.47 Å². The van der Waals surface area contributed by atoms with Crippen molar-refractivity contribution in [3.8, 4) is 11.5 Å². The van der Waals surface area contributed by atoms with Gasteiger partial charge in [0.05, 0.1) is 19.8 Å². The fourth-order valence-electron chi connectivity index (χ4n) is 2.04. The smallest absolute Gasteiger partial charge is 0.259 e. The molecule has 2 aromatic rings. The molecule has 2 N–H and O–H groups in total. The second kappa shape index (κ2) is 7.31. The lowest BCUT2D eigenvalue weighted by Gasteiger charge is -2.12. The van der Waals surface area contributed by atoms with Gasteiger partial charge in [-0.05, 0) is 42.5 Å². The number of carbonyl (C=O) groups is 2. The molecule has 0 aliphatic carbocycles. The summed E-state index contributed by atoms with van der Waals surface area (Å²) in [5.74, 6) is 0.578. The molecule has 2 rings (SSSR count). The Labute approximate surface area is 134 Å². The predicted molar refractivity (Wildman–Crippen MR) is 88.2 cm³/mol. The van der Waals surface area contributed by atoms with E-state index < -0.39 is 0 Å². The largest absolute Gasteiger partial charge is 0.497 e. The molecule has 0 unspecified atom stereocenters. The summed E-state index contributed by atoms with van der Waals surface area (Å²) in [6.07, 6.45) is 0. The first-order valence-corrected chi connectivity index (χ1v) is 6.94. The third kappa shape index (κ3) is 4.23. The van der Waals surface area contributed by atoms with E-state index in [-0.39, 0.29) is 11.8 Å². The van der Waals surface area contributed by atoms with Crippen LogP contribution >= 0.6 is 0 Å². The highest BCUT2D eigenvalue weighted by Crippen LogP contribution is 2.24. The number of nitrogens with one attached hydrogen (secondary N) is 2. The fraction of sp³-hybridized carbons (Fsp3) is 0.176. The standard InChI is InChI=1S/C17H18N2O4/c1-11(20)18-13-6-9-16(23-3)15(10-13)17(21)19-12-4-7-14(22-2)8-5-12/h4-10H,1-3H3,(H,18,20)(H,19,21). The monoisotopic (exact) mass is 314 g/mol. The van der Waals surface area contributed by atoms with E-state index in [2.05, 4.69) is 10.6 Å². The molecule has 0 fully saturated rings. The molecule has 0 atom stereocenters. The molecule has 0 saturated heterocycles. The van der Waals surface area contributed by atoms with Gasteiger partial charge < -0.3 is 20.1 Å². The summed E-state index contributed by atoms with van der Waals surface area (Å²) in [4.78, 5) is 23.6. The van der Waals surface area contributed by atoms with Crippen molar-refractivity contribution >= 4 is 23.2 Å². The highest BCUT2D eigenvalue weighted by atomic mass is 16.5. The van der Waals surface area contributed by atoms with Crippen molar-refractivity contribution in [3.63, 3.8) is 0 Å². The molecule has 0 aliphatic heterocycles. The van der Waals surface area contributed by atoms with Crippen molar-refractivity contribution in [2.45, 2.75) is 6.92 Å². The van der Waals surface area contributed by atoms with Crippen LogP contribution in [-0.4, -0.2) is 26.0 Å². The molecule has 0 aromatic heterocycles. The Hall–Kier alpha value is -3.02. The number of hydrogen-bond donors (Lipinski definition) is 2. The topological polar surface area (TPSA) is 76.7 Å². The van der Waals surface area contributed by atoms with Gasteiger partial charge in [-0.15, -0.1) is 0 Å². The van der Waals surface area contributed by atoms with Gasteiger partial charge in [0.15, 0.2) is 0 Å². The zero-order chi connectivity index (χ0) is 16.8. The number of hydrogen-bond acceptors (Lipinski definition) is 4. The zero-order valence-electron chi connectivity index (χ0n) is 13.2. The summed E-state index contributed by atoms with van der Waals surface area (Å²) in [5.41, 5.74) is 1.48. The number of amides is 2.